The highest BCUT2D eigenvalue weighted by Crippen LogP contribution is 2.25. The van der Waals surface area contributed by atoms with Gasteiger partial charge in [-0.3, -0.25) is 9.71 Å². The van der Waals surface area contributed by atoms with Gasteiger partial charge in [-0.15, -0.1) is 11.3 Å². The van der Waals surface area contributed by atoms with Gasteiger partial charge >= 0.3 is 0 Å². The van der Waals surface area contributed by atoms with E-state index in [1.165, 1.54) is 12.1 Å². The van der Waals surface area contributed by atoms with E-state index in [2.05, 4.69) is 14.7 Å². The minimum atomic E-state index is -3.79. The number of hydrogen-bond acceptors (Lipinski definition) is 5. The van der Waals surface area contributed by atoms with Crippen molar-refractivity contribution in [2.75, 3.05) is 4.72 Å². The number of thiazole rings is 1. The molecule has 8 heteroatoms. The molecule has 2 aromatic heterocycles. The van der Waals surface area contributed by atoms with Crippen molar-refractivity contribution in [3.8, 4) is 11.4 Å². The Balaban J connectivity index is 1.84. The van der Waals surface area contributed by atoms with Gasteiger partial charge in [-0.2, -0.15) is 0 Å². The number of halogens is 1. The predicted molar refractivity (Wildman–Crippen MR) is 82.6 cm³/mol. The van der Waals surface area contributed by atoms with E-state index in [4.69, 9.17) is 0 Å². The maximum absolute atomic E-state index is 12.9. The highest BCUT2D eigenvalue weighted by atomic mass is 32.2. The van der Waals surface area contributed by atoms with Crippen LogP contribution in [0.5, 0.6) is 0 Å². The van der Waals surface area contributed by atoms with Crippen LogP contribution in [-0.2, 0) is 10.0 Å². The summed E-state index contributed by atoms with van der Waals surface area (Å²) in [5, 5.41) is 1.94. The molecular formula is C14H10FN3O2S2. The van der Waals surface area contributed by atoms with Crippen LogP contribution in [0.15, 0.2) is 58.9 Å². The Hall–Kier alpha value is -2.32. The Morgan fingerprint density at radius 2 is 1.82 bits per heavy atom. The van der Waals surface area contributed by atoms with E-state index in [9.17, 15) is 12.8 Å². The topological polar surface area (TPSA) is 72.0 Å². The molecule has 0 spiro atoms. The van der Waals surface area contributed by atoms with Gasteiger partial charge in [0.25, 0.3) is 10.0 Å². The number of rotatable bonds is 4. The molecule has 1 N–H and O–H groups in total. The van der Waals surface area contributed by atoms with Crippen molar-refractivity contribution in [2.45, 2.75) is 4.90 Å². The summed E-state index contributed by atoms with van der Waals surface area (Å²) in [4.78, 5) is 8.33. The molecule has 3 aromatic rings. The standard InChI is InChI=1S/C14H10FN3O2S2/c15-10-4-6-11(7-5-10)22(19,20)18-14-17-13(9-21-14)12-3-1-2-8-16-12/h1-9H,(H,17,18). The zero-order valence-electron chi connectivity index (χ0n) is 11.1. The van der Waals surface area contributed by atoms with Gasteiger partial charge in [0, 0.05) is 11.6 Å². The molecule has 0 radical (unpaired) electrons. The summed E-state index contributed by atoms with van der Waals surface area (Å²) < 4.78 is 39.6. The zero-order valence-corrected chi connectivity index (χ0v) is 12.7. The van der Waals surface area contributed by atoms with Gasteiger partial charge in [-0.1, -0.05) is 6.07 Å². The van der Waals surface area contributed by atoms with Crippen molar-refractivity contribution in [1.82, 2.24) is 9.97 Å². The first kappa shape index (κ1) is 14.6. The number of sulfonamides is 1. The van der Waals surface area contributed by atoms with E-state index >= 15 is 0 Å². The lowest BCUT2D eigenvalue weighted by atomic mass is 10.3. The Bertz CT molecular complexity index is 878. The fraction of sp³-hybridized carbons (Fsp3) is 0. The van der Waals surface area contributed by atoms with Crippen LogP contribution >= 0.6 is 11.3 Å². The Morgan fingerprint density at radius 1 is 1.05 bits per heavy atom. The fourth-order valence-corrected chi connectivity index (χ4v) is 3.70. The Morgan fingerprint density at radius 3 is 2.50 bits per heavy atom. The van der Waals surface area contributed by atoms with Crippen LogP contribution in [0.2, 0.25) is 0 Å². The van der Waals surface area contributed by atoms with Crippen LogP contribution in [0.4, 0.5) is 9.52 Å². The van der Waals surface area contributed by atoms with Gasteiger partial charge in [0.15, 0.2) is 5.13 Å². The molecule has 0 saturated carbocycles. The highest BCUT2D eigenvalue weighted by molar-refractivity contribution is 7.93. The van der Waals surface area contributed by atoms with Crippen molar-refractivity contribution in [2.24, 2.45) is 0 Å². The molecule has 0 aliphatic rings. The molecule has 112 valence electrons. The van der Waals surface area contributed by atoms with Crippen LogP contribution in [0.3, 0.4) is 0 Å². The van der Waals surface area contributed by atoms with Gasteiger partial charge in [0.1, 0.15) is 11.5 Å². The third-order valence-corrected chi connectivity index (χ3v) is 5.02. The van der Waals surface area contributed by atoms with Crippen molar-refractivity contribution < 1.29 is 12.8 Å². The smallest absolute Gasteiger partial charge is 0.255 e. The molecule has 0 saturated heterocycles. The zero-order chi connectivity index (χ0) is 15.6. The molecule has 0 aliphatic heterocycles. The summed E-state index contributed by atoms with van der Waals surface area (Å²) in [5.74, 6) is -0.495. The molecule has 3 rings (SSSR count). The second-order valence-corrected chi connectivity index (χ2v) is 6.85. The number of pyridine rings is 1. The van der Waals surface area contributed by atoms with Crippen LogP contribution in [0.25, 0.3) is 11.4 Å². The summed E-state index contributed by atoms with van der Waals surface area (Å²) in [6.07, 6.45) is 1.64. The van der Waals surface area contributed by atoms with Crippen molar-refractivity contribution >= 4 is 26.5 Å². The quantitative estimate of drug-likeness (QED) is 0.795. The number of nitrogens with one attached hydrogen (secondary N) is 1. The van der Waals surface area contributed by atoms with Crippen LogP contribution in [0, 0.1) is 5.82 Å². The molecule has 0 aliphatic carbocycles. The third kappa shape index (κ3) is 3.12. The predicted octanol–water partition coefficient (Wildman–Crippen LogP) is 3.15. The third-order valence-electron chi connectivity index (χ3n) is 2.78. The molecular weight excluding hydrogens is 325 g/mol. The minimum Gasteiger partial charge on any atom is -0.255 e. The lowest BCUT2D eigenvalue weighted by Crippen LogP contribution is -2.12. The number of nitrogens with zero attached hydrogens (tertiary/aromatic N) is 2. The van der Waals surface area contributed by atoms with E-state index in [0.717, 1.165) is 23.5 Å². The second kappa shape index (κ2) is 5.82. The largest absolute Gasteiger partial charge is 0.263 e. The first-order valence-corrected chi connectivity index (χ1v) is 8.56. The summed E-state index contributed by atoms with van der Waals surface area (Å²) in [7, 11) is -3.79. The molecule has 22 heavy (non-hydrogen) atoms. The van der Waals surface area contributed by atoms with E-state index < -0.39 is 15.8 Å². The second-order valence-electron chi connectivity index (χ2n) is 4.31. The maximum Gasteiger partial charge on any atom is 0.263 e. The van der Waals surface area contributed by atoms with E-state index in [-0.39, 0.29) is 10.0 Å². The molecule has 5 nitrogen and oxygen atoms in total. The Labute approximate surface area is 130 Å². The number of hydrogen-bond donors (Lipinski definition) is 1. The first-order chi connectivity index (χ1) is 10.5. The highest BCUT2D eigenvalue weighted by Gasteiger charge is 2.16. The van der Waals surface area contributed by atoms with Gasteiger partial charge in [-0.05, 0) is 36.4 Å². The SMILES string of the molecule is O=S(=O)(Nc1nc(-c2ccccn2)cs1)c1ccc(F)cc1. The monoisotopic (exact) mass is 335 g/mol. The summed E-state index contributed by atoms with van der Waals surface area (Å²) >= 11 is 1.15. The lowest BCUT2D eigenvalue weighted by molar-refractivity contribution is 0.599. The summed E-state index contributed by atoms with van der Waals surface area (Å²) in [5.41, 5.74) is 1.24. The molecule has 0 unspecified atom stereocenters. The van der Waals surface area contributed by atoms with Crippen molar-refractivity contribution in [3.05, 3.63) is 59.9 Å². The molecule has 2 heterocycles. The van der Waals surface area contributed by atoms with Gasteiger partial charge < -0.3 is 0 Å². The normalized spacial score (nSPS) is 11.3. The minimum absolute atomic E-state index is 0.0245. The number of benzene rings is 1. The molecule has 1 aromatic carbocycles. The van der Waals surface area contributed by atoms with E-state index in [1.807, 2.05) is 6.07 Å². The fourth-order valence-electron chi connectivity index (χ4n) is 1.74. The molecule has 0 fully saturated rings. The van der Waals surface area contributed by atoms with Gasteiger partial charge in [-0.25, -0.2) is 17.8 Å². The molecule has 0 atom stereocenters. The van der Waals surface area contributed by atoms with Gasteiger partial charge in [0.2, 0.25) is 0 Å². The summed E-state index contributed by atoms with van der Waals surface area (Å²) in [6, 6.07) is 9.98. The first-order valence-electron chi connectivity index (χ1n) is 6.20. The Kier molecular flexibility index (Phi) is 3.86. The van der Waals surface area contributed by atoms with Crippen LogP contribution < -0.4 is 4.72 Å². The van der Waals surface area contributed by atoms with Crippen LogP contribution in [-0.4, -0.2) is 18.4 Å². The average molecular weight is 335 g/mol. The van der Waals surface area contributed by atoms with Gasteiger partial charge in [0.05, 0.1) is 10.6 Å². The van der Waals surface area contributed by atoms with Crippen LogP contribution in [0.1, 0.15) is 0 Å². The van der Waals surface area contributed by atoms with Crippen molar-refractivity contribution in [3.63, 3.8) is 0 Å². The number of anilines is 1. The summed E-state index contributed by atoms with van der Waals surface area (Å²) in [6.45, 7) is 0. The van der Waals surface area contributed by atoms with E-state index in [0.29, 0.717) is 11.4 Å². The molecule has 0 bridgehead atoms. The average Bonchev–Trinajstić information content (AvgIpc) is 2.96. The van der Waals surface area contributed by atoms with E-state index in [1.54, 1.807) is 23.7 Å². The lowest BCUT2D eigenvalue weighted by Gasteiger charge is -2.04. The van der Waals surface area contributed by atoms with Crippen molar-refractivity contribution in [1.29, 1.82) is 0 Å². The molecule has 0 amide bonds. The maximum atomic E-state index is 12.9. The number of aromatic nitrogens is 2.